The Labute approximate surface area is 174 Å². The van der Waals surface area contributed by atoms with Crippen LogP contribution in [0.25, 0.3) is 10.9 Å². The van der Waals surface area contributed by atoms with Gasteiger partial charge in [0.1, 0.15) is 0 Å². The monoisotopic (exact) mass is 420 g/mol. The van der Waals surface area contributed by atoms with Gasteiger partial charge in [-0.2, -0.15) is 0 Å². The number of rotatable bonds is 4. The third-order valence-corrected chi connectivity index (χ3v) is 5.03. The zero-order chi connectivity index (χ0) is 18.8. The molecule has 1 amide bonds. The number of H-pyrrole nitrogens is 1. The topological polar surface area (TPSA) is 79.0 Å². The molecule has 3 heterocycles. The molecule has 0 radical (unpaired) electrons. The molecule has 1 saturated heterocycles. The number of halogens is 2. The molecule has 2 aromatic heterocycles. The van der Waals surface area contributed by atoms with E-state index in [1.807, 2.05) is 37.4 Å². The molecule has 3 aromatic rings. The first kappa shape index (κ1) is 20.5. The average Bonchev–Trinajstić information content (AvgIpc) is 3.05. The number of carbonyl (C=O) groups is 1. The molecule has 0 bridgehead atoms. The number of aryl methyl sites for hydroxylation is 1. The number of nitrogens with zero attached hydrogens (tertiary/aromatic N) is 1. The number of anilines is 2. The minimum atomic E-state index is -0.101. The Hall–Kier alpha value is -2.28. The predicted molar refractivity (Wildman–Crippen MR) is 114 cm³/mol. The number of aromatic nitrogens is 2. The number of ether oxygens (including phenoxy) is 1. The second-order valence-corrected chi connectivity index (χ2v) is 7.17. The number of benzene rings is 1. The Morgan fingerprint density at radius 3 is 2.86 bits per heavy atom. The van der Waals surface area contributed by atoms with Gasteiger partial charge in [0.2, 0.25) is 0 Å². The molecule has 1 aliphatic rings. The normalized spacial score (nSPS) is 14.5. The third kappa shape index (κ3) is 4.24. The van der Waals surface area contributed by atoms with Gasteiger partial charge in [0.15, 0.2) is 5.82 Å². The standard InChI is InChI=1S/C20H21ClN4O2.ClH/c1-12-10-22-18-17(12)16(20(26)25-14-5-7-27-8-6-14)11-23-19(18)24-15-4-2-3-13(21)9-15;/h2-4,9-11,14,22H,5-8H2,1H3,(H,23,24)(H,25,26);1H. The highest BCUT2D eigenvalue weighted by molar-refractivity contribution is 6.30. The molecule has 1 aromatic carbocycles. The van der Waals surface area contributed by atoms with Gasteiger partial charge in [0.05, 0.1) is 11.1 Å². The van der Waals surface area contributed by atoms with Gasteiger partial charge in [0.25, 0.3) is 5.91 Å². The maximum atomic E-state index is 12.8. The van der Waals surface area contributed by atoms with Crippen LogP contribution in [-0.4, -0.2) is 35.1 Å². The van der Waals surface area contributed by atoms with Crippen molar-refractivity contribution in [3.63, 3.8) is 0 Å². The Bertz CT molecular complexity index is 983. The first-order valence-corrected chi connectivity index (χ1v) is 9.37. The van der Waals surface area contributed by atoms with E-state index in [0.29, 0.717) is 29.6 Å². The van der Waals surface area contributed by atoms with Crippen LogP contribution in [0.3, 0.4) is 0 Å². The highest BCUT2D eigenvalue weighted by Crippen LogP contribution is 2.29. The highest BCUT2D eigenvalue weighted by Gasteiger charge is 2.21. The molecule has 148 valence electrons. The summed E-state index contributed by atoms with van der Waals surface area (Å²) in [7, 11) is 0. The minimum absolute atomic E-state index is 0. The lowest BCUT2D eigenvalue weighted by molar-refractivity contribution is 0.0697. The van der Waals surface area contributed by atoms with Crippen LogP contribution in [0.5, 0.6) is 0 Å². The third-order valence-electron chi connectivity index (χ3n) is 4.79. The number of hydrogen-bond donors (Lipinski definition) is 3. The van der Waals surface area contributed by atoms with Crippen LogP contribution in [-0.2, 0) is 4.74 Å². The average molecular weight is 421 g/mol. The summed E-state index contributed by atoms with van der Waals surface area (Å²) in [6.07, 6.45) is 5.19. The van der Waals surface area contributed by atoms with Crippen molar-refractivity contribution in [1.29, 1.82) is 0 Å². The SMILES string of the molecule is Cc1c[nH]c2c(Nc3cccc(Cl)c3)ncc(C(=O)NC3CCOCC3)c12.Cl. The molecule has 8 heteroatoms. The van der Waals surface area contributed by atoms with Crippen molar-refractivity contribution in [2.24, 2.45) is 0 Å². The summed E-state index contributed by atoms with van der Waals surface area (Å²) < 4.78 is 5.36. The van der Waals surface area contributed by atoms with Crippen LogP contribution in [0.2, 0.25) is 5.02 Å². The van der Waals surface area contributed by atoms with Gasteiger partial charge >= 0.3 is 0 Å². The van der Waals surface area contributed by atoms with Crippen molar-refractivity contribution in [2.75, 3.05) is 18.5 Å². The second-order valence-electron chi connectivity index (χ2n) is 6.74. The summed E-state index contributed by atoms with van der Waals surface area (Å²) in [5.74, 6) is 0.555. The first-order chi connectivity index (χ1) is 13.1. The second kappa shape index (κ2) is 8.82. The van der Waals surface area contributed by atoms with Crippen LogP contribution in [0.4, 0.5) is 11.5 Å². The summed E-state index contributed by atoms with van der Waals surface area (Å²) >= 11 is 6.06. The molecule has 0 atom stereocenters. The van der Waals surface area contributed by atoms with Crippen molar-refractivity contribution >= 4 is 52.3 Å². The number of amides is 1. The molecule has 1 aliphatic heterocycles. The molecule has 0 aliphatic carbocycles. The molecule has 0 unspecified atom stereocenters. The molecule has 4 rings (SSSR count). The molecular formula is C20H22Cl2N4O2. The van der Waals surface area contributed by atoms with Gasteiger partial charge in [-0.1, -0.05) is 17.7 Å². The summed E-state index contributed by atoms with van der Waals surface area (Å²) in [5, 5.41) is 7.90. The number of carbonyl (C=O) groups excluding carboxylic acids is 1. The number of aromatic amines is 1. The lowest BCUT2D eigenvalue weighted by Gasteiger charge is -2.23. The molecule has 0 spiro atoms. The van der Waals surface area contributed by atoms with E-state index in [1.54, 1.807) is 6.20 Å². The van der Waals surface area contributed by atoms with E-state index in [0.717, 1.165) is 35.0 Å². The quantitative estimate of drug-likeness (QED) is 0.576. The molecule has 1 fully saturated rings. The van der Waals surface area contributed by atoms with E-state index >= 15 is 0 Å². The van der Waals surface area contributed by atoms with Gasteiger partial charge < -0.3 is 20.4 Å². The van der Waals surface area contributed by atoms with E-state index in [2.05, 4.69) is 20.6 Å². The van der Waals surface area contributed by atoms with Crippen molar-refractivity contribution in [3.8, 4) is 0 Å². The number of fused-ring (bicyclic) bond motifs is 1. The van der Waals surface area contributed by atoms with Crippen molar-refractivity contribution < 1.29 is 9.53 Å². The zero-order valence-electron chi connectivity index (χ0n) is 15.4. The van der Waals surface area contributed by atoms with Crippen LogP contribution in [0.15, 0.2) is 36.7 Å². The van der Waals surface area contributed by atoms with Crippen molar-refractivity contribution in [2.45, 2.75) is 25.8 Å². The first-order valence-electron chi connectivity index (χ1n) is 8.99. The maximum absolute atomic E-state index is 12.8. The molecule has 28 heavy (non-hydrogen) atoms. The fraction of sp³-hybridized carbons (Fsp3) is 0.300. The number of nitrogens with one attached hydrogen (secondary N) is 3. The summed E-state index contributed by atoms with van der Waals surface area (Å²) in [4.78, 5) is 20.6. The predicted octanol–water partition coefficient (Wildman–Crippen LogP) is 4.60. The smallest absolute Gasteiger partial charge is 0.253 e. The van der Waals surface area contributed by atoms with Crippen LogP contribution in [0, 0.1) is 6.92 Å². The van der Waals surface area contributed by atoms with Crippen molar-refractivity contribution in [3.05, 3.63) is 52.8 Å². The maximum Gasteiger partial charge on any atom is 0.253 e. The summed E-state index contributed by atoms with van der Waals surface area (Å²) in [6.45, 7) is 3.35. The van der Waals surface area contributed by atoms with E-state index in [1.165, 1.54) is 0 Å². The highest BCUT2D eigenvalue weighted by atomic mass is 35.5. The lowest BCUT2D eigenvalue weighted by atomic mass is 10.1. The Morgan fingerprint density at radius 2 is 2.11 bits per heavy atom. The minimum Gasteiger partial charge on any atom is -0.381 e. The number of hydrogen-bond acceptors (Lipinski definition) is 4. The molecule has 0 saturated carbocycles. The van der Waals surface area contributed by atoms with Gasteiger partial charge in [0, 0.05) is 47.7 Å². The molecule has 3 N–H and O–H groups in total. The van der Waals surface area contributed by atoms with Gasteiger partial charge in [-0.05, 0) is 43.5 Å². The molecule has 6 nitrogen and oxygen atoms in total. The zero-order valence-corrected chi connectivity index (χ0v) is 17.0. The Morgan fingerprint density at radius 1 is 1.32 bits per heavy atom. The van der Waals surface area contributed by atoms with E-state index in [4.69, 9.17) is 16.3 Å². The number of pyridine rings is 1. The van der Waals surface area contributed by atoms with Gasteiger partial charge in [-0.25, -0.2) is 4.98 Å². The van der Waals surface area contributed by atoms with E-state index in [9.17, 15) is 4.79 Å². The Balaban J connectivity index is 0.00000225. The van der Waals surface area contributed by atoms with Crippen molar-refractivity contribution in [1.82, 2.24) is 15.3 Å². The van der Waals surface area contributed by atoms with Crippen LogP contribution < -0.4 is 10.6 Å². The van der Waals surface area contributed by atoms with Crippen LogP contribution in [0.1, 0.15) is 28.8 Å². The molecular weight excluding hydrogens is 399 g/mol. The lowest BCUT2D eigenvalue weighted by Crippen LogP contribution is -2.39. The van der Waals surface area contributed by atoms with Gasteiger partial charge in [-0.15, -0.1) is 12.4 Å². The summed E-state index contributed by atoms with van der Waals surface area (Å²) in [5.41, 5.74) is 3.21. The van der Waals surface area contributed by atoms with E-state index < -0.39 is 0 Å². The van der Waals surface area contributed by atoms with Gasteiger partial charge in [-0.3, -0.25) is 4.79 Å². The van der Waals surface area contributed by atoms with Crippen LogP contribution >= 0.6 is 24.0 Å². The fourth-order valence-corrected chi connectivity index (χ4v) is 3.58. The largest absolute Gasteiger partial charge is 0.381 e. The van der Waals surface area contributed by atoms with E-state index in [-0.39, 0.29) is 24.4 Å². The Kier molecular flexibility index (Phi) is 6.44. The fourth-order valence-electron chi connectivity index (χ4n) is 3.39. The summed E-state index contributed by atoms with van der Waals surface area (Å²) in [6, 6.07) is 7.58.